The third-order valence-electron chi connectivity index (χ3n) is 4.54. The van der Waals surface area contributed by atoms with Gasteiger partial charge in [-0.05, 0) is 57.4 Å². The lowest BCUT2D eigenvalue weighted by Crippen LogP contribution is -2.47. The number of rotatable bonds is 0. The second-order valence-electron chi connectivity index (χ2n) is 7.29. The number of amides is 1. The quantitative estimate of drug-likeness (QED) is 0.776. The fourth-order valence-electron chi connectivity index (χ4n) is 3.36. The fourth-order valence-corrected chi connectivity index (χ4v) is 3.36. The van der Waals surface area contributed by atoms with Crippen LogP contribution in [-0.4, -0.2) is 36.2 Å². The van der Waals surface area contributed by atoms with Crippen molar-refractivity contribution in [3.63, 3.8) is 0 Å². The van der Waals surface area contributed by atoms with E-state index in [1.807, 2.05) is 20.8 Å². The highest BCUT2D eigenvalue weighted by atomic mass is 35.5. The van der Waals surface area contributed by atoms with Crippen LogP contribution in [0.5, 0.6) is 0 Å². The minimum Gasteiger partial charge on any atom is -0.444 e. The van der Waals surface area contributed by atoms with Crippen molar-refractivity contribution in [2.75, 3.05) is 25.0 Å². The third-order valence-corrected chi connectivity index (χ3v) is 4.54. The van der Waals surface area contributed by atoms with E-state index in [2.05, 4.69) is 5.32 Å². The van der Waals surface area contributed by atoms with Crippen molar-refractivity contribution in [1.29, 1.82) is 0 Å². The molecule has 0 saturated carbocycles. The van der Waals surface area contributed by atoms with Crippen molar-refractivity contribution in [1.82, 2.24) is 4.90 Å². The maximum absolute atomic E-state index is 13.6. The van der Waals surface area contributed by atoms with E-state index in [1.54, 1.807) is 17.0 Å². The zero-order valence-corrected chi connectivity index (χ0v) is 14.6. The maximum Gasteiger partial charge on any atom is 0.410 e. The van der Waals surface area contributed by atoms with Gasteiger partial charge in [-0.15, -0.1) is 12.4 Å². The van der Waals surface area contributed by atoms with Crippen molar-refractivity contribution < 1.29 is 13.9 Å². The van der Waals surface area contributed by atoms with Gasteiger partial charge in [-0.1, -0.05) is 0 Å². The molecule has 3 rings (SSSR count). The Kier molecular flexibility index (Phi) is 4.81. The first kappa shape index (κ1) is 17.9. The highest BCUT2D eigenvalue weighted by Gasteiger charge is 2.42. The molecule has 2 aliphatic rings. The molecule has 0 unspecified atom stereocenters. The van der Waals surface area contributed by atoms with Crippen LogP contribution < -0.4 is 5.32 Å². The molecule has 0 aliphatic carbocycles. The van der Waals surface area contributed by atoms with Gasteiger partial charge in [0.15, 0.2) is 0 Å². The highest BCUT2D eigenvalue weighted by Crippen LogP contribution is 2.44. The number of nitrogens with one attached hydrogen (secondary N) is 1. The number of nitrogens with zero attached hydrogens (tertiary/aromatic N) is 1. The standard InChI is InChI=1S/C17H23FN2O2.ClH/c1-16(2,3)22-15(21)20-8-6-17(7-9-20)11-19-14-5-4-12(18)10-13(14)17;/h4-5,10,19H,6-9,11H2,1-3H3;1H. The van der Waals surface area contributed by atoms with Gasteiger partial charge in [-0.2, -0.15) is 0 Å². The number of likely N-dealkylation sites (tertiary alicyclic amines) is 1. The van der Waals surface area contributed by atoms with Crippen LogP contribution in [0.15, 0.2) is 18.2 Å². The van der Waals surface area contributed by atoms with Gasteiger partial charge in [-0.3, -0.25) is 0 Å². The van der Waals surface area contributed by atoms with Crippen LogP contribution in [0.1, 0.15) is 39.2 Å². The molecule has 0 bridgehead atoms. The van der Waals surface area contributed by atoms with Crippen molar-refractivity contribution >= 4 is 24.2 Å². The fraction of sp³-hybridized carbons (Fsp3) is 0.588. The lowest BCUT2D eigenvalue weighted by molar-refractivity contribution is 0.0172. The second kappa shape index (κ2) is 6.19. The molecule has 1 aromatic carbocycles. The Bertz CT molecular complexity index is 593. The summed E-state index contributed by atoms with van der Waals surface area (Å²) in [6.45, 7) is 7.72. The maximum atomic E-state index is 13.6. The molecule has 1 fully saturated rings. The number of carbonyl (C=O) groups is 1. The van der Waals surface area contributed by atoms with Crippen LogP contribution in [0.25, 0.3) is 0 Å². The van der Waals surface area contributed by atoms with Crippen molar-refractivity contribution in [3.8, 4) is 0 Å². The highest BCUT2D eigenvalue weighted by molar-refractivity contribution is 5.85. The van der Waals surface area contributed by atoms with E-state index in [0.717, 1.165) is 30.6 Å². The number of piperidine rings is 1. The summed E-state index contributed by atoms with van der Waals surface area (Å²) in [4.78, 5) is 13.9. The molecule has 2 heterocycles. The van der Waals surface area contributed by atoms with Gasteiger partial charge in [0.25, 0.3) is 0 Å². The first-order valence-corrected chi connectivity index (χ1v) is 7.81. The molecule has 1 spiro atoms. The molecule has 1 amide bonds. The molecule has 1 aromatic rings. The Morgan fingerprint density at radius 2 is 1.96 bits per heavy atom. The predicted molar refractivity (Wildman–Crippen MR) is 90.9 cm³/mol. The summed E-state index contributed by atoms with van der Waals surface area (Å²) in [6, 6.07) is 4.93. The molecule has 0 aromatic heterocycles. The molecule has 0 atom stereocenters. The zero-order valence-electron chi connectivity index (χ0n) is 13.8. The van der Waals surface area contributed by atoms with Gasteiger partial charge < -0.3 is 15.0 Å². The number of fused-ring (bicyclic) bond motifs is 2. The largest absolute Gasteiger partial charge is 0.444 e. The number of hydrogen-bond donors (Lipinski definition) is 1. The molecule has 2 aliphatic heterocycles. The van der Waals surface area contributed by atoms with Gasteiger partial charge in [0.05, 0.1) is 0 Å². The number of ether oxygens (including phenoxy) is 1. The summed E-state index contributed by atoms with van der Waals surface area (Å²) in [6.07, 6.45) is 1.40. The second-order valence-corrected chi connectivity index (χ2v) is 7.29. The average Bonchev–Trinajstić information content (AvgIpc) is 2.76. The smallest absolute Gasteiger partial charge is 0.410 e. The Balaban J connectivity index is 0.00000192. The zero-order chi connectivity index (χ0) is 16.0. The predicted octanol–water partition coefficient (Wildman–Crippen LogP) is 3.94. The number of anilines is 1. The van der Waals surface area contributed by atoms with Crippen LogP contribution >= 0.6 is 12.4 Å². The van der Waals surface area contributed by atoms with Gasteiger partial charge >= 0.3 is 6.09 Å². The molecular weight excluding hydrogens is 319 g/mol. The summed E-state index contributed by atoms with van der Waals surface area (Å²) in [5.41, 5.74) is 1.54. The van der Waals surface area contributed by atoms with Crippen molar-refractivity contribution in [2.45, 2.75) is 44.6 Å². The van der Waals surface area contributed by atoms with E-state index in [9.17, 15) is 9.18 Å². The Labute approximate surface area is 142 Å². The van der Waals surface area contributed by atoms with Gasteiger partial charge in [0, 0.05) is 30.7 Å². The van der Waals surface area contributed by atoms with Gasteiger partial charge in [-0.25, -0.2) is 9.18 Å². The number of carbonyl (C=O) groups excluding carboxylic acids is 1. The molecule has 1 saturated heterocycles. The minimum absolute atomic E-state index is 0. The number of halogens is 2. The van der Waals surface area contributed by atoms with Gasteiger partial charge in [0.1, 0.15) is 11.4 Å². The van der Waals surface area contributed by atoms with E-state index in [4.69, 9.17) is 4.74 Å². The summed E-state index contributed by atoms with van der Waals surface area (Å²) < 4.78 is 19.0. The average molecular weight is 343 g/mol. The summed E-state index contributed by atoms with van der Waals surface area (Å²) >= 11 is 0. The molecule has 0 radical (unpaired) electrons. The Morgan fingerprint density at radius 3 is 2.57 bits per heavy atom. The summed E-state index contributed by atoms with van der Waals surface area (Å²) in [5, 5.41) is 3.37. The lowest BCUT2D eigenvalue weighted by Gasteiger charge is -2.39. The van der Waals surface area contributed by atoms with Crippen LogP contribution in [0.4, 0.5) is 14.9 Å². The van der Waals surface area contributed by atoms with E-state index in [-0.39, 0.29) is 29.7 Å². The molecule has 1 N–H and O–H groups in total. The topological polar surface area (TPSA) is 41.6 Å². The van der Waals surface area contributed by atoms with Crippen molar-refractivity contribution in [2.24, 2.45) is 0 Å². The number of benzene rings is 1. The van der Waals surface area contributed by atoms with Crippen LogP contribution in [-0.2, 0) is 10.2 Å². The van der Waals surface area contributed by atoms with E-state index in [1.165, 1.54) is 6.07 Å². The Hall–Kier alpha value is -1.49. The lowest BCUT2D eigenvalue weighted by atomic mass is 9.74. The number of hydrogen-bond acceptors (Lipinski definition) is 3. The summed E-state index contributed by atoms with van der Waals surface area (Å²) in [5.74, 6) is -0.198. The van der Waals surface area contributed by atoms with E-state index >= 15 is 0 Å². The molecule has 6 heteroatoms. The molecular formula is C17H24ClFN2O2. The molecule has 23 heavy (non-hydrogen) atoms. The Morgan fingerprint density at radius 1 is 1.30 bits per heavy atom. The molecule has 128 valence electrons. The summed E-state index contributed by atoms with van der Waals surface area (Å²) in [7, 11) is 0. The van der Waals surface area contributed by atoms with E-state index in [0.29, 0.717) is 13.1 Å². The molecule has 4 nitrogen and oxygen atoms in total. The SMILES string of the molecule is CC(C)(C)OC(=O)N1CCC2(CC1)CNc1ccc(F)cc12.Cl. The van der Waals surface area contributed by atoms with E-state index < -0.39 is 5.60 Å². The van der Waals surface area contributed by atoms with Gasteiger partial charge in [0.2, 0.25) is 0 Å². The first-order chi connectivity index (χ1) is 10.3. The first-order valence-electron chi connectivity index (χ1n) is 7.81. The van der Waals surface area contributed by atoms with Crippen LogP contribution in [0.3, 0.4) is 0 Å². The minimum atomic E-state index is -0.475. The van der Waals surface area contributed by atoms with Crippen LogP contribution in [0, 0.1) is 5.82 Å². The third kappa shape index (κ3) is 3.55. The van der Waals surface area contributed by atoms with Crippen molar-refractivity contribution in [3.05, 3.63) is 29.6 Å². The van der Waals surface area contributed by atoms with Crippen LogP contribution in [0.2, 0.25) is 0 Å². The normalized spacial score (nSPS) is 18.9. The monoisotopic (exact) mass is 342 g/mol.